The van der Waals surface area contributed by atoms with Crippen LogP contribution in [0.5, 0.6) is 0 Å². The molecule has 156 valence electrons. The second-order valence-corrected chi connectivity index (χ2v) is 7.39. The van der Waals surface area contributed by atoms with E-state index in [1.807, 2.05) is 0 Å². The molecule has 8 heteroatoms. The van der Waals surface area contributed by atoms with Crippen LogP contribution in [0, 0.1) is 18.6 Å². The summed E-state index contributed by atoms with van der Waals surface area (Å²) in [5.41, 5.74) is -0.868. The Kier molecular flexibility index (Phi) is 5.78. The fourth-order valence-corrected chi connectivity index (χ4v) is 3.32. The summed E-state index contributed by atoms with van der Waals surface area (Å²) in [4.78, 5) is 36.7. The quantitative estimate of drug-likeness (QED) is 0.615. The number of halogens is 2. The SMILES string of the molecule is CCC(C)(CC(=O)C(=O)Nc1ccc2c(=O)onc(C)c2c1)c1cccc(F)c1F. The lowest BCUT2D eigenvalue weighted by Gasteiger charge is -2.28. The van der Waals surface area contributed by atoms with E-state index in [0.717, 1.165) is 6.07 Å². The second-order valence-electron chi connectivity index (χ2n) is 7.39. The molecule has 1 N–H and O–H groups in total. The van der Waals surface area contributed by atoms with Crippen molar-refractivity contribution in [1.29, 1.82) is 0 Å². The lowest BCUT2D eigenvalue weighted by molar-refractivity contribution is -0.135. The molecule has 1 amide bonds. The minimum Gasteiger partial charge on any atom is -0.319 e. The minimum absolute atomic E-state index is 0.0466. The first kappa shape index (κ1) is 21.3. The van der Waals surface area contributed by atoms with Crippen molar-refractivity contribution in [3.63, 3.8) is 0 Å². The highest BCUT2D eigenvalue weighted by atomic mass is 19.2. The normalized spacial score (nSPS) is 13.1. The van der Waals surface area contributed by atoms with Gasteiger partial charge < -0.3 is 9.84 Å². The fourth-order valence-electron chi connectivity index (χ4n) is 3.32. The van der Waals surface area contributed by atoms with Gasteiger partial charge >= 0.3 is 5.63 Å². The van der Waals surface area contributed by atoms with Gasteiger partial charge in [-0.25, -0.2) is 13.6 Å². The van der Waals surface area contributed by atoms with Gasteiger partial charge in [-0.3, -0.25) is 9.59 Å². The Hall–Kier alpha value is -3.42. The van der Waals surface area contributed by atoms with Crippen molar-refractivity contribution in [1.82, 2.24) is 5.16 Å². The van der Waals surface area contributed by atoms with E-state index < -0.39 is 34.4 Å². The summed E-state index contributed by atoms with van der Waals surface area (Å²) >= 11 is 0. The topological polar surface area (TPSA) is 89.3 Å². The molecule has 1 aromatic heterocycles. The predicted molar refractivity (Wildman–Crippen MR) is 107 cm³/mol. The van der Waals surface area contributed by atoms with Crippen LogP contribution in [-0.4, -0.2) is 16.8 Å². The van der Waals surface area contributed by atoms with Crippen molar-refractivity contribution in [3.8, 4) is 0 Å². The summed E-state index contributed by atoms with van der Waals surface area (Å²) in [7, 11) is 0. The molecule has 6 nitrogen and oxygen atoms in total. The van der Waals surface area contributed by atoms with Crippen molar-refractivity contribution < 1.29 is 22.9 Å². The molecule has 0 aliphatic rings. The van der Waals surface area contributed by atoms with E-state index in [1.54, 1.807) is 20.8 Å². The van der Waals surface area contributed by atoms with Crippen LogP contribution in [0.25, 0.3) is 10.8 Å². The van der Waals surface area contributed by atoms with Gasteiger partial charge in [0.25, 0.3) is 5.91 Å². The summed E-state index contributed by atoms with van der Waals surface area (Å²) in [5.74, 6) is -3.69. The van der Waals surface area contributed by atoms with Gasteiger partial charge in [-0.05, 0) is 43.2 Å². The van der Waals surface area contributed by atoms with Crippen LogP contribution in [0.3, 0.4) is 0 Å². The van der Waals surface area contributed by atoms with Crippen LogP contribution in [-0.2, 0) is 15.0 Å². The molecule has 3 aromatic rings. The molecule has 1 unspecified atom stereocenters. The third kappa shape index (κ3) is 3.98. The number of rotatable bonds is 6. The summed E-state index contributed by atoms with van der Waals surface area (Å²) in [5, 5.41) is 6.91. The van der Waals surface area contributed by atoms with E-state index in [0.29, 0.717) is 28.6 Å². The Balaban J connectivity index is 1.82. The van der Waals surface area contributed by atoms with Gasteiger partial charge in [-0.1, -0.05) is 31.1 Å². The maximum Gasteiger partial charge on any atom is 0.366 e. The van der Waals surface area contributed by atoms with E-state index in [4.69, 9.17) is 0 Å². The van der Waals surface area contributed by atoms with Crippen molar-refractivity contribution in [2.75, 3.05) is 5.32 Å². The lowest BCUT2D eigenvalue weighted by atomic mass is 9.75. The number of aromatic nitrogens is 1. The Labute approximate surface area is 170 Å². The van der Waals surface area contributed by atoms with Gasteiger partial charge in [-0.15, -0.1) is 0 Å². The maximum absolute atomic E-state index is 14.3. The van der Waals surface area contributed by atoms with Gasteiger partial charge in [0.1, 0.15) is 0 Å². The number of carbonyl (C=O) groups is 2. The summed E-state index contributed by atoms with van der Waals surface area (Å²) < 4.78 is 32.6. The van der Waals surface area contributed by atoms with Crippen LogP contribution in [0.1, 0.15) is 37.9 Å². The zero-order chi connectivity index (χ0) is 22.1. The number of anilines is 1. The van der Waals surface area contributed by atoms with E-state index in [2.05, 4.69) is 15.0 Å². The highest BCUT2D eigenvalue weighted by Crippen LogP contribution is 2.34. The lowest BCUT2D eigenvalue weighted by Crippen LogP contribution is -2.32. The van der Waals surface area contributed by atoms with E-state index in [9.17, 15) is 23.2 Å². The molecule has 0 fully saturated rings. The van der Waals surface area contributed by atoms with Crippen LogP contribution in [0.2, 0.25) is 0 Å². The standard InChI is InChI=1S/C22H20F2N2O4/c1-4-22(3,16-6-5-7-17(23)19(16)24)11-18(27)20(28)25-13-8-9-14-15(10-13)12(2)26-30-21(14)29/h5-10H,4,11H2,1-3H3,(H,25,28). The molecule has 0 aliphatic heterocycles. The van der Waals surface area contributed by atoms with Gasteiger partial charge in [-0.2, -0.15) is 0 Å². The van der Waals surface area contributed by atoms with Crippen LogP contribution < -0.4 is 10.9 Å². The number of fused-ring (bicyclic) bond motifs is 1. The molecule has 0 bridgehead atoms. The third-order valence-corrected chi connectivity index (χ3v) is 5.34. The first-order valence-electron chi connectivity index (χ1n) is 9.35. The monoisotopic (exact) mass is 414 g/mol. The van der Waals surface area contributed by atoms with Crippen LogP contribution in [0.4, 0.5) is 14.5 Å². The third-order valence-electron chi connectivity index (χ3n) is 5.34. The van der Waals surface area contributed by atoms with Gasteiger partial charge in [0.05, 0.1) is 11.1 Å². The van der Waals surface area contributed by atoms with Crippen molar-refractivity contribution in [3.05, 3.63) is 69.7 Å². The number of hydrogen-bond donors (Lipinski definition) is 1. The number of nitrogens with zero attached hydrogens (tertiary/aromatic N) is 1. The Morgan fingerprint density at radius 1 is 1.17 bits per heavy atom. The molecule has 1 atom stereocenters. The molecule has 30 heavy (non-hydrogen) atoms. The van der Waals surface area contributed by atoms with Crippen molar-refractivity contribution in [2.24, 2.45) is 0 Å². The summed E-state index contributed by atoms with van der Waals surface area (Å²) in [6.07, 6.45) is 0.0243. The Morgan fingerprint density at radius 2 is 1.90 bits per heavy atom. The molecule has 2 aromatic carbocycles. The molecule has 3 rings (SSSR count). The average Bonchev–Trinajstić information content (AvgIpc) is 2.72. The van der Waals surface area contributed by atoms with Gasteiger partial charge in [0.2, 0.25) is 5.78 Å². The predicted octanol–water partition coefficient (Wildman–Crippen LogP) is 4.04. The molecule has 0 radical (unpaired) electrons. The summed E-state index contributed by atoms with van der Waals surface area (Å²) in [6, 6.07) is 8.24. The van der Waals surface area contributed by atoms with E-state index in [-0.39, 0.29) is 12.0 Å². The number of amides is 1. The first-order chi connectivity index (χ1) is 14.2. The Morgan fingerprint density at radius 3 is 2.60 bits per heavy atom. The van der Waals surface area contributed by atoms with E-state index >= 15 is 0 Å². The smallest absolute Gasteiger partial charge is 0.319 e. The largest absolute Gasteiger partial charge is 0.366 e. The van der Waals surface area contributed by atoms with Crippen molar-refractivity contribution in [2.45, 2.75) is 39.0 Å². The molecular formula is C22H20F2N2O4. The second kappa shape index (κ2) is 8.14. The van der Waals surface area contributed by atoms with Gasteiger partial charge in [0, 0.05) is 22.9 Å². The van der Waals surface area contributed by atoms with Gasteiger partial charge in [0.15, 0.2) is 11.6 Å². The highest BCUT2D eigenvalue weighted by Gasteiger charge is 2.33. The number of Topliss-reactive ketones (excluding diaryl/α,β-unsaturated/α-hetero) is 1. The molecule has 0 spiro atoms. The first-order valence-corrected chi connectivity index (χ1v) is 9.35. The molecule has 0 saturated carbocycles. The number of benzene rings is 2. The zero-order valence-electron chi connectivity index (χ0n) is 16.7. The van der Waals surface area contributed by atoms with E-state index in [1.165, 1.54) is 30.3 Å². The van der Waals surface area contributed by atoms with Crippen LogP contribution >= 0.6 is 0 Å². The minimum atomic E-state index is -1.05. The molecule has 1 heterocycles. The maximum atomic E-state index is 14.3. The summed E-state index contributed by atoms with van der Waals surface area (Å²) in [6.45, 7) is 4.99. The average molecular weight is 414 g/mol. The molecule has 0 saturated heterocycles. The fraction of sp³-hybridized carbons (Fsp3) is 0.273. The zero-order valence-corrected chi connectivity index (χ0v) is 16.7. The van der Waals surface area contributed by atoms with Crippen LogP contribution in [0.15, 0.2) is 45.7 Å². The number of hydrogen-bond acceptors (Lipinski definition) is 5. The number of nitrogens with one attached hydrogen (secondary N) is 1. The Bertz CT molecular complexity index is 1210. The number of carbonyl (C=O) groups excluding carboxylic acids is 2. The molecular weight excluding hydrogens is 394 g/mol. The number of ketones is 1. The van der Waals surface area contributed by atoms with Crippen molar-refractivity contribution >= 4 is 28.2 Å². The highest BCUT2D eigenvalue weighted by molar-refractivity contribution is 6.40. The number of aryl methyl sites for hydroxylation is 1. The molecule has 0 aliphatic carbocycles.